The summed E-state index contributed by atoms with van der Waals surface area (Å²) in [5.74, 6) is 1.50. The highest BCUT2D eigenvalue weighted by molar-refractivity contribution is 5.77. The van der Waals surface area contributed by atoms with Crippen molar-refractivity contribution in [3.05, 3.63) is 23.8 Å². The highest BCUT2D eigenvalue weighted by atomic mass is 16.7. The lowest BCUT2D eigenvalue weighted by Gasteiger charge is -2.09. The van der Waals surface area contributed by atoms with E-state index >= 15 is 0 Å². The van der Waals surface area contributed by atoms with Gasteiger partial charge in [0.2, 0.25) is 6.79 Å². The number of fused-ring (bicyclic) bond motifs is 1. The molecule has 0 saturated carbocycles. The molecule has 2 amide bonds. The Bertz CT molecular complexity index is 419. The van der Waals surface area contributed by atoms with Crippen molar-refractivity contribution in [3.8, 4) is 11.5 Å². The number of rotatable bonds is 1. The first-order valence-electron chi connectivity index (χ1n) is 4.77. The van der Waals surface area contributed by atoms with Gasteiger partial charge in [0, 0.05) is 6.54 Å². The van der Waals surface area contributed by atoms with Crippen LogP contribution < -0.4 is 20.1 Å². The maximum absolute atomic E-state index is 11.0. The van der Waals surface area contributed by atoms with Gasteiger partial charge >= 0.3 is 6.03 Å². The second-order valence-electron chi connectivity index (χ2n) is 3.52. The standard InChI is InChI=1S/C10H10N2O3/c13-10-11-4-7(12-10)6-1-2-8-9(3-6)15-5-14-8/h1-3,7H,4-5H2,(H2,11,12,13)/t7-/m1/s1. The summed E-state index contributed by atoms with van der Waals surface area (Å²) in [6.45, 7) is 0.881. The van der Waals surface area contributed by atoms with Crippen LogP contribution in [-0.4, -0.2) is 19.4 Å². The van der Waals surface area contributed by atoms with Crippen LogP contribution in [-0.2, 0) is 0 Å². The molecule has 2 aliphatic heterocycles. The first-order valence-corrected chi connectivity index (χ1v) is 4.77. The third-order valence-electron chi connectivity index (χ3n) is 2.57. The van der Waals surface area contributed by atoms with Crippen LogP contribution in [0.3, 0.4) is 0 Å². The molecule has 2 heterocycles. The fourth-order valence-corrected chi connectivity index (χ4v) is 1.79. The molecular weight excluding hydrogens is 196 g/mol. The van der Waals surface area contributed by atoms with E-state index in [-0.39, 0.29) is 18.9 Å². The number of urea groups is 1. The molecule has 0 unspecified atom stereocenters. The van der Waals surface area contributed by atoms with E-state index in [2.05, 4.69) is 10.6 Å². The van der Waals surface area contributed by atoms with E-state index < -0.39 is 0 Å². The molecule has 1 saturated heterocycles. The fraction of sp³-hybridized carbons (Fsp3) is 0.300. The number of carbonyl (C=O) groups is 1. The van der Waals surface area contributed by atoms with Crippen LogP contribution >= 0.6 is 0 Å². The number of amides is 2. The summed E-state index contributed by atoms with van der Waals surface area (Å²) >= 11 is 0. The smallest absolute Gasteiger partial charge is 0.315 e. The summed E-state index contributed by atoms with van der Waals surface area (Å²) < 4.78 is 10.5. The lowest BCUT2D eigenvalue weighted by molar-refractivity contribution is 0.174. The molecule has 5 heteroatoms. The van der Waals surface area contributed by atoms with E-state index in [1.54, 1.807) is 0 Å². The molecule has 0 bridgehead atoms. The van der Waals surface area contributed by atoms with Crippen molar-refractivity contribution in [1.82, 2.24) is 10.6 Å². The molecule has 1 fully saturated rings. The first-order chi connectivity index (χ1) is 7.33. The average Bonchev–Trinajstić information content (AvgIpc) is 2.84. The second kappa shape index (κ2) is 3.05. The molecule has 2 N–H and O–H groups in total. The highest BCUT2D eigenvalue weighted by Crippen LogP contribution is 2.34. The molecule has 15 heavy (non-hydrogen) atoms. The van der Waals surface area contributed by atoms with E-state index in [1.807, 2.05) is 18.2 Å². The number of hydrogen-bond acceptors (Lipinski definition) is 3. The Hall–Kier alpha value is -1.91. The highest BCUT2D eigenvalue weighted by Gasteiger charge is 2.23. The molecule has 0 radical (unpaired) electrons. The average molecular weight is 206 g/mol. The lowest BCUT2D eigenvalue weighted by atomic mass is 10.1. The van der Waals surface area contributed by atoms with Gasteiger partial charge in [-0.1, -0.05) is 6.07 Å². The van der Waals surface area contributed by atoms with Crippen molar-refractivity contribution in [1.29, 1.82) is 0 Å². The van der Waals surface area contributed by atoms with E-state index in [4.69, 9.17) is 9.47 Å². The van der Waals surface area contributed by atoms with Crippen LogP contribution in [0.5, 0.6) is 11.5 Å². The van der Waals surface area contributed by atoms with Gasteiger partial charge in [-0.2, -0.15) is 0 Å². The monoisotopic (exact) mass is 206 g/mol. The Kier molecular flexibility index (Phi) is 1.71. The van der Waals surface area contributed by atoms with Crippen molar-refractivity contribution in [2.24, 2.45) is 0 Å². The topological polar surface area (TPSA) is 59.6 Å². The van der Waals surface area contributed by atoms with Crippen LogP contribution in [0.15, 0.2) is 18.2 Å². The minimum Gasteiger partial charge on any atom is -0.454 e. The fourth-order valence-electron chi connectivity index (χ4n) is 1.79. The summed E-state index contributed by atoms with van der Waals surface area (Å²) in [5, 5.41) is 5.53. The maximum atomic E-state index is 11.0. The molecule has 0 aromatic heterocycles. The lowest BCUT2D eigenvalue weighted by Crippen LogP contribution is -2.21. The number of ether oxygens (including phenoxy) is 2. The molecule has 3 rings (SSSR count). The largest absolute Gasteiger partial charge is 0.454 e. The first kappa shape index (κ1) is 8.40. The van der Waals surface area contributed by atoms with E-state index in [0.29, 0.717) is 6.54 Å². The van der Waals surface area contributed by atoms with Crippen LogP contribution in [0, 0.1) is 0 Å². The Morgan fingerprint density at radius 1 is 1.27 bits per heavy atom. The quantitative estimate of drug-likeness (QED) is 0.713. The Morgan fingerprint density at radius 3 is 2.93 bits per heavy atom. The van der Waals surface area contributed by atoms with Gasteiger partial charge in [-0.05, 0) is 17.7 Å². The molecule has 2 aliphatic rings. The number of nitrogens with one attached hydrogen (secondary N) is 2. The molecule has 0 spiro atoms. The molecule has 78 valence electrons. The molecule has 1 atom stereocenters. The molecule has 1 aromatic rings. The number of benzene rings is 1. The minimum atomic E-state index is -0.127. The summed E-state index contributed by atoms with van der Waals surface area (Å²) in [6.07, 6.45) is 0. The third kappa shape index (κ3) is 1.36. The van der Waals surface area contributed by atoms with Crippen LogP contribution in [0.1, 0.15) is 11.6 Å². The summed E-state index contributed by atoms with van der Waals surface area (Å²) in [4.78, 5) is 11.0. The Labute approximate surface area is 86.4 Å². The summed E-state index contributed by atoms with van der Waals surface area (Å²) in [6, 6.07) is 5.60. The van der Waals surface area contributed by atoms with Gasteiger partial charge in [0.15, 0.2) is 11.5 Å². The zero-order chi connectivity index (χ0) is 10.3. The predicted molar refractivity (Wildman–Crippen MR) is 51.8 cm³/mol. The normalized spacial score (nSPS) is 22.4. The van der Waals surface area contributed by atoms with Gasteiger partial charge in [0.25, 0.3) is 0 Å². The van der Waals surface area contributed by atoms with Crippen molar-refractivity contribution < 1.29 is 14.3 Å². The van der Waals surface area contributed by atoms with Gasteiger partial charge in [-0.25, -0.2) is 4.79 Å². The second-order valence-corrected chi connectivity index (χ2v) is 3.52. The molecule has 1 aromatic carbocycles. The van der Waals surface area contributed by atoms with Gasteiger partial charge in [-0.3, -0.25) is 0 Å². The summed E-state index contributed by atoms with van der Waals surface area (Å²) in [5.41, 5.74) is 1.03. The third-order valence-corrected chi connectivity index (χ3v) is 2.57. The van der Waals surface area contributed by atoms with Gasteiger partial charge in [0.1, 0.15) is 0 Å². The van der Waals surface area contributed by atoms with Crippen molar-refractivity contribution in [2.75, 3.05) is 13.3 Å². The van der Waals surface area contributed by atoms with Gasteiger partial charge < -0.3 is 20.1 Å². The Balaban J connectivity index is 1.89. The zero-order valence-corrected chi connectivity index (χ0v) is 7.95. The molecular formula is C10H10N2O3. The molecule has 5 nitrogen and oxygen atoms in total. The SMILES string of the molecule is O=C1NC[C@H](c2ccc3c(c2)OCO3)N1. The number of carbonyl (C=O) groups excluding carboxylic acids is 1. The van der Waals surface area contributed by atoms with E-state index in [0.717, 1.165) is 17.1 Å². The zero-order valence-electron chi connectivity index (χ0n) is 7.95. The van der Waals surface area contributed by atoms with E-state index in [1.165, 1.54) is 0 Å². The summed E-state index contributed by atoms with van der Waals surface area (Å²) in [7, 11) is 0. The van der Waals surface area contributed by atoms with Crippen molar-refractivity contribution in [2.45, 2.75) is 6.04 Å². The van der Waals surface area contributed by atoms with Crippen molar-refractivity contribution >= 4 is 6.03 Å². The Morgan fingerprint density at radius 2 is 2.13 bits per heavy atom. The maximum Gasteiger partial charge on any atom is 0.315 e. The van der Waals surface area contributed by atoms with Gasteiger partial charge in [0.05, 0.1) is 6.04 Å². The number of hydrogen-bond donors (Lipinski definition) is 2. The van der Waals surface area contributed by atoms with Crippen LogP contribution in [0.2, 0.25) is 0 Å². The van der Waals surface area contributed by atoms with Gasteiger partial charge in [-0.15, -0.1) is 0 Å². The molecule has 0 aliphatic carbocycles. The van der Waals surface area contributed by atoms with E-state index in [9.17, 15) is 4.79 Å². The van der Waals surface area contributed by atoms with Crippen molar-refractivity contribution in [3.63, 3.8) is 0 Å². The van der Waals surface area contributed by atoms with Crippen LogP contribution in [0.25, 0.3) is 0 Å². The minimum absolute atomic E-state index is 0.0204. The predicted octanol–water partition coefficient (Wildman–Crippen LogP) is 0.769. The van der Waals surface area contributed by atoms with Crippen LogP contribution in [0.4, 0.5) is 4.79 Å².